The molecule has 0 saturated heterocycles. The molecule has 0 bridgehead atoms. The lowest BCUT2D eigenvalue weighted by molar-refractivity contribution is -0.115. The molecular weight excluding hydrogens is 313 g/mol. The van der Waals surface area contributed by atoms with Crippen molar-refractivity contribution < 1.29 is 13.6 Å². The van der Waals surface area contributed by atoms with E-state index in [1.165, 1.54) is 23.5 Å². The maximum atomic E-state index is 13.0. The molecule has 3 nitrogen and oxygen atoms in total. The second kappa shape index (κ2) is 7.07. The second-order valence-corrected chi connectivity index (χ2v) is 5.80. The molecule has 0 saturated carbocycles. The van der Waals surface area contributed by atoms with E-state index >= 15 is 0 Å². The maximum absolute atomic E-state index is 13.0. The van der Waals surface area contributed by atoms with Gasteiger partial charge in [0, 0.05) is 4.88 Å². The van der Waals surface area contributed by atoms with E-state index < -0.39 is 0 Å². The number of hydrogen-bond donors (Lipinski definition) is 1. The van der Waals surface area contributed by atoms with Gasteiger partial charge in [-0.05, 0) is 47.4 Å². The molecule has 23 heavy (non-hydrogen) atoms. The number of amides is 1. The van der Waals surface area contributed by atoms with Gasteiger partial charge in [-0.3, -0.25) is 4.79 Å². The summed E-state index contributed by atoms with van der Waals surface area (Å²) in [4.78, 5) is 13.4. The van der Waals surface area contributed by atoms with Crippen molar-refractivity contribution in [3.8, 4) is 0 Å². The normalized spacial score (nSPS) is 11.4. The van der Waals surface area contributed by atoms with E-state index in [1.54, 1.807) is 36.6 Å². The number of benzene rings is 1. The van der Waals surface area contributed by atoms with Crippen LogP contribution >= 0.6 is 11.3 Å². The smallest absolute Gasteiger partial charge is 0.253 e. The molecule has 3 rings (SSSR count). The Morgan fingerprint density at radius 3 is 2.65 bits per heavy atom. The van der Waals surface area contributed by atoms with Gasteiger partial charge in [-0.15, -0.1) is 11.3 Å². The van der Waals surface area contributed by atoms with Crippen molar-refractivity contribution in [1.29, 1.82) is 0 Å². The largest absolute Gasteiger partial charge is 0.467 e. The van der Waals surface area contributed by atoms with Crippen LogP contribution in [-0.2, 0) is 11.3 Å². The molecule has 0 spiro atoms. The summed E-state index contributed by atoms with van der Waals surface area (Å²) in [5.74, 6) is 0.181. The average molecular weight is 327 g/mol. The van der Waals surface area contributed by atoms with Crippen molar-refractivity contribution in [1.82, 2.24) is 5.32 Å². The fourth-order valence-electron chi connectivity index (χ4n) is 2.08. The Hall–Kier alpha value is -2.66. The van der Waals surface area contributed by atoms with Gasteiger partial charge in [0.25, 0.3) is 5.91 Å². The Balaban J connectivity index is 1.83. The van der Waals surface area contributed by atoms with Crippen molar-refractivity contribution in [2.45, 2.75) is 6.54 Å². The predicted molar refractivity (Wildman–Crippen MR) is 89.1 cm³/mol. The lowest BCUT2D eigenvalue weighted by Crippen LogP contribution is -2.23. The number of halogens is 1. The van der Waals surface area contributed by atoms with E-state index in [0.29, 0.717) is 17.9 Å². The zero-order valence-corrected chi connectivity index (χ0v) is 13.0. The first kappa shape index (κ1) is 15.2. The molecule has 0 aliphatic heterocycles. The second-order valence-electron chi connectivity index (χ2n) is 4.85. The molecule has 0 radical (unpaired) electrons. The van der Waals surface area contributed by atoms with E-state index in [-0.39, 0.29) is 11.7 Å². The Bertz CT molecular complexity index is 790. The number of furan rings is 1. The highest BCUT2D eigenvalue weighted by Crippen LogP contribution is 2.23. The first-order valence-electron chi connectivity index (χ1n) is 7.04. The van der Waals surface area contributed by atoms with E-state index in [9.17, 15) is 9.18 Å². The first-order chi connectivity index (χ1) is 11.2. The van der Waals surface area contributed by atoms with Gasteiger partial charge in [-0.1, -0.05) is 18.2 Å². The van der Waals surface area contributed by atoms with Crippen LogP contribution in [0, 0.1) is 5.82 Å². The molecule has 0 atom stereocenters. The summed E-state index contributed by atoms with van der Waals surface area (Å²) in [6.45, 7) is 0.317. The summed E-state index contributed by atoms with van der Waals surface area (Å²) in [5, 5.41) is 4.75. The summed E-state index contributed by atoms with van der Waals surface area (Å²) in [5.41, 5.74) is 1.31. The van der Waals surface area contributed by atoms with Gasteiger partial charge in [0.1, 0.15) is 11.6 Å². The molecule has 1 amide bonds. The van der Waals surface area contributed by atoms with Gasteiger partial charge in [0.2, 0.25) is 0 Å². The number of rotatable bonds is 5. The van der Waals surface area contributed by atoms with Crippen molar-refractivity contribution >= 4 is 28.9 Å². The highest BCUT2D eigenvalue weighted by molar-refractivity contribution is 7.11. The summed E-state index contributed by atoms with van der Waals surface area (Å²) >= 11 is 1.48. The molecule has 2 aromatic heterocycles. The van der Waals surface area contributed by atoms with Crippen LogP contribution in [-0.4, -0.2) is 5.91 Å². The number of hydrogen-bond acceptors (Lipinski definition) is 3. The Morgan fingerprint density at radius 2 is 2.00 bits per heavy atom. The first-order valence-corrected chi connectivity index (χ1v) is 7.92. The van der Waals surface area contributed by atoms with Crippen LogP contribution < -0.4 is 5.32 Å². The molecule has 0 unspecified atom stereocenters. The third-order valence-corrected chi connectivity index (χ3v) is 4.12. The number of thiophene rings is 1. The highest BCUT2D eigenvalue weighted by Gasteiger charge is 2.13. The van der Waals surface area contributed by atoms with Crippen molar-refractivity contribution in [2.75, 3.05) is 0 Å². The van der Waals surface area contributed by atoms with Crippen LogP contribution in [0.3, 0.4) is 0 Å². The molecule has 0 fully saturated rings. The molecule has 116 valence electrons. The molecule has 0 aliphatic rings. The third-order valence-electron chi connectivity index (χ3n) is 3.22. The summed E-state index contributed by atoms with van der Waals surface area (Å²) in [6.07, 6.45) is 3.32. The van der Waals surface area contributed by atoms with Crippen molar-refractivity contribution in [3.63, 3.8) is 0 Å². The van der Waals surface area contributed by atoms with Crippen LogP contribution in [0.25, 0.3) is 11.6 Å². The van der Waals surface area contributed by atoms with E-state index in [4.69, 9.17) is 4.42 Å². The summed E-state index contributed by atoms with van der Waals surface area (Å²) in [7, 11) is 0. The molecule has 1 N–H and O–H groups in total. The minimum absolute atomic E-state index is 0.201. The van der Waals surface area contributed by atoms with Gasteiger partial charge < -0.3 is 9.73 Å². The topological polar surface area (TPSA) is 42.2 Å². The van der Waals surface area contributed by atoms with Gasteiger partial charge >= 0.3 is 0 Å². The molecule has 2 heterocycles. The van der Waals surface area contributed by atoms with E-state index in [2.05, 4.69) is 5.32 Å². The lowest BCUT2D eigenvalue weighted by atomic mass is 10.1. The molecule has 3 aromatic rings. The van der Waals surface area contributed by atoms with E-state index in [0.717, 1.165) is 10.4 Å². The number of carbonyl (C=O) groups is 1. The third kappa shape index (κ3) is 3.96. The molecule has 1 aromatic carbocycles. The molecule has 0 aliphatic carbocycles. The SMILES string of the molecule is O=C(NCc1ccco1)/C(=C/c1ccc(F)cc1)c1cccs1. The Labute approximate surface area is 137 Å². The monoisotopic (exact) mass is 327 g/mol. The van der Waals surface area contributed by atoms with Gasteiger partial charge in [-0.25, -0.2) is 4.39 Å². The molecular formula is C18H14FNO2S. The predicted octanol–water partition coefficient (Wildman–Crippen LogP) is 4.34. The van der Waals surface area contributed by atoms with Crippen LogP contribution in [0.15, 0.2) is 64.6 Å². The Morgan fingerprint density at radius 1 is 1.17 bits per heavy atom. The quantitative estimate of drug-likeness (QED) is 0.709. The minimum atomic E-state index is -0.304. The number of nitrogens with one attached hydrogen (secondary N) is 1. The lowest BCUT2D eigenvalue weighted by Gasteiger charge is -2.07. The van der Waals surface area contributed by atoms with Crippen LogP contribution in [0.4, 0.5) is 4.39 Å². The van der Waals surface area contributed by atoms with Crippen molar-refractivity contribution in [2.24, 2.45) is 0 Å². The summed E-state index contributed by atoms with van der Waals surface area (Å²) < 4.78 is 18.2. The zero-order chi connectivity index (χ0) is 16.1. The fraction of sp³-hybridized carbons (Fsp3) is 0.0556. The Kier molecular flexibility index (Phi) is 4.68. The van der Waals surface area contributed by atoms with Crippen LogP contribution in [0.5, 0.6) is 0 Å². The van der Waals surface area contributed by atoms with Gasteiger partial charge in [0.05, 0.1) is 18.4 Å². The van der Waals surface area contributed by atoms with E-state index in [1.807, 2.05) is 17.5 Å². The number of carbonyl (C=O) groups excluding carboxylic acids is 1. The maximum Gasteiger partial charge on any atom is 0.253 e. The van der Waals surface area contributed by atoms with Crippen molar-refractivity contribution in [3.05, 3.63) is 82.2 Å². The zero-order valence-electron chi connectivity index (χ0n) is 12.2. The fourth-order valence-corrected chi connectivity index (χ4v) is 2.82. The van der Waals surface area contributed by atoms with Gasteiger partial charge in [0.15, 0.2) is 0 Å². The van der Waals surface area contributed by atoms with Crippen LogP contribution in [0.1, 0.15) is 16.2 Å². The minimum Gasteiger partial charge on any atom is -0.467 e. The summed E-state index contributed by atoms with van der Waals surface area (Å²) in [6, 6.07) is 13.4. The average Bonchev–Trinajstić information content (AvgIpc) is 3.25. The standard InChI is InChI=1S/C18H14FNO2S/c19-14-7-5-13(6-8-14)11-16(17-4-2-10-23-17)18(21)20-12-15-3-1-9-22-15/h1-11H,12H2,(H,20,21)/b16-11+. The molecule has 5 heteroatoms. The van der Waals surface area contributed by atoms with Gasteiger partial charge in [-0.2, -0.15) is 0 Å². The highest BCUT2D eigenvalue weighted by atomic mass is 32.1. The van der Waals surface area contributed by atoms with Crippen LogP contribution in [0.2, 0.25) is 0 Å².